The fraction of sp³-hybridized carbons (Fsp3) is 0.316. The number of amides is 1. The number of likely N-dealkylation sites (N-methyl/N-ethyl adjacent to an activating group) is 1. The highest BCUT2D eigenvalue weighted by Crippen LogP contribution is 2.27. The Kier molecular flexibility index (Phi) is 5.08. The minimum atomic E-state index is -0.131. The molecular weight excluding hydrogens is 350 g/mol. The summed E-state index contributed by atoms with van der Waals surface area (Å²) in [5.74, 6) is 0.694. The van der Waals surface area contributed by atoms with Crippen LogP contribution >= 0.6 is 11.3 Å². The maximum atomic E-state index is 12.8. The highest BCUT2D eigenvalue weighted by molar-refractivity contribution is 7.20. The van der Waals surface area contributed by atoms with E-state index in [1.54, 1.807) is 25.9 Å². The number of rotatable bonds is 5. The quantitative estimate of drug-likeness (QED) is 0.692. The van der Waals surface area contributed by atoms with E-state index in [1.807, 2.05) is 31.2 Å². The summed E-state index contributed by atoms with van der Waals surface area (Å²) in [5, 5.41) is 0.521. The number of thiophene rings is 1. The van der Waals surface area contributed by atoms with Gasteiger partial charge in [-0.1, -0.05) is 18.2 Å². The van der Waals surface area contributed by atoms with Crippen molar-refractivity contribution in [3.05, 3.63) is 57.0 Å². The average Bonchev–Trinajstić information content (AvgIpc) is 2.96. The molecule has 0 aliphatic rings. The second kappa shape index (κ2) is 7.29. The van der Waals surface area contributed by atoms with Gasteiger partial charge in [0.15, 0.2) is 0 Å². The summed E-state index contributed by atoms with van der Waals surface area (Å²) >= 11 is 1.26. The second-order valence-corrected chi connectivity index (χ2v) is 7.24. The van der Waals surface area contributed by atoms with Gasteiger partial charge in [0.2, 0.25) is 0 Å². The van der Waals surface area contributed by atoms with Gasteiger partial charge in [-0.2, -0.15) is 0 Å². The molecule has 2 aromatic heterocycles. The van der Waals surface area contributed by atoms with E-state index in [0.717, 1.165) is 11.3 Å². The molecule has 7 heteroatoms. The third kappa shape index (κ3) is 3.35. The van der Waals surface area contributed by atoms with Gasteiger partial charge in [-0.3, -0.25) is 9.59 Å². The van der Waals surface area contributed by atoms with Gasteiger partial charge in [-0.25, -0.2) is 4.98 Å². The Morgan fingerprint density at radius 3 is 2.77 bits per heavy atom. The number of hydrogen-bond acceptors (Lipinski definition) is 5. The summed E-state index contributed by atoms with van der Waals surface area (Å²) < 4.78 is 7.19. The lowest BCUT2D eigenvalue weighted by Crippen LogP contribution is -2.30. The van der Waals surface area contributed by atoms with Crippen molar-refractivity contribution in [1.82, 2.24) is 14.5 Å². The molecule has 136 valence electrons. The molecule has 2 heterocycles. The predicted molar refractivity (Wildman–Crippen MR) is 103 cm³/mol. The highest BCUT2D eigenvalue weighted by Gasteiger charge is 2.21. The molecule has 0 spiro atoms. The largest absolute Gasteiger partial charge is 0.491 e. The molecule has 0 saturated carbocycles. The number of hydrogen-bond donors (Lipinski definition) is 0. The normalized spacial score (nSPS) is 10.9. The number of benzene rings is 1. The lowest BCUT2D eigenvalue weighted by Gasteiger charge is -2.17. The molecule has 3 aromatic rings. The molecule has 1 aromatic carbocycles. The first kappa shape index (κ1) is 18.1. The molecule has 0 atom stereocenters. The Hall–Kier alpha value is -2.67. The Morgan fingerprint density at radius 1 is 1.31 bits per heavy atom. The van der Waals surface area contributed by atoms with Gasteiger partial charge in [0.1, 0.15) is 17.2 Å². The number of ether oxygens (including phenoxy) is 1. The Morgan fingerprint density at radius 2 is 2.04 bits per heavy atom. The fourth-order valence-corrected chi connectivity index (χ4v) is 3.83. The average molecular weight is 371 g/mol. The van der Waals surface area contributed by atoms with Crippen LogP contribution in [0.25, 0.3) is 10.2 Å². The van der Waals surface area contributed by atoms with Crippen molar-refractivity contribution in [2.24, 2.45) is 7.05 Å². The van der Waals surface area contributed by atoms with E-state index in [4.69, 9.17) is 4.74 Å². The standard InChI is InChI=1S/C19H21N3O3S/c1-12-7-5-6-8-14(12)25-10-9-21(3)19(24)16-13(2)15-17(26-16)20-11-22(4)18(15)23/h5-8,11H,9-10H2,1-4H3. The number of carbonyl (C=O) groups excluding carboxylic acids is 1. The van der Waals surface area contributed by atoms with Crippen LogP contribution < -0.4 is 10.3 Å². The fourth-order valence-electron chi connectivity index (χ4n) is 2.70. The summed E-state index contributed by atoms with van der Waals surface area (Å²) in [6, 6.07) is 7.78. The Balaban J connectivity index is 1.74. The van der Waals surface area contributed by atoms with Gasteiger partial charge in [-0.05, 0) is 31.0 Å². The lowest BCUT2D eigenvalue weighted by atomic mass is 10.2. The van der Waals surface area contributed by atoms with Crippen LogP contribution in [0.5, 0.6) is 5.75 Å². The van der Waals surface area contributed by atoms with Crippen molar-refractivity contribution < 1.29 is 9.53 Å². The van der Waals surface area contributed by atoms with Crippen molar-refractivity contribution in [1.29, 1.82) is 0 Å². The van der Waals surface area contributed by atoms with Gasteiger partial charge < -0.3 is 14.2 Å². The van der Waals surface area contributed by atoms with Crippen LogP contribution in [-0.2, 0) is 7.05 Å². The van der Waals surface area contributed by atoms with E-state index in [0.29, 0.717) is 33.8 Å². The van der Waals surface area contributed by atoms with E-state index >= 15 is 0 Å². The number of aromatic nitrogens is 2. The van der Waals surface area contributed by atoms with Gasteiger partial charge in [-0.15, -0.1) is 11.3 Å². The summed E-state index contributed by atoms with van der Waals surface area (Å²) in [6.07, 6.45) is 1.48. The van der Waals surface area contributed by atoms with Crippen LogP contribution in [0.4, 0.5) is 0 Å². The molecule has 3 rings (SSSR count). The topological polar surface area (TPSA) is 64.4 Å². The minimum Gasteiger partial charge on any atom is -0.491 e. The first-order valence-electron chi connectivity index (χ1n) is 8.28. The molecule has 0 radical (unpaired) electrons. The third-order valence-corrected chi connectivity index (χ3v) is 5.52. The van der Waals surface area contributed by atoms with E-state index < -0.39 is 0 Å². The van der Waals surface area contributed by atoms with Gasteiger partial charge >= 0.3 is 0 Å². The summed E-state index contributed by atoms with van der Waals surface area (Å²) in [6.45, 7) is 4.63. The number of carbonyl (C=O) groups is 1. The van der Waals surface area contributed by atoms with Crippen LogP contribution in [0.3, 0.4) is 0 Å². The third-order valence-electron chi connectivity index (χ3n) is 4.33. The van der Waals surface area contributed by atoms with Crippen molar-refractivity contribution in [3.8, 4) is 5.75 Å². The number of para-hydroxylation sites is 1. The summed E-state index contributed by atoms with van der Waals surface area (Å²) in [7, 11) is 3.39. The van der Waals surface area contributed by atoms with Crippen molar-refractivity contribution >= 4 is 27.5 Å². The molecule has 0 bridgehead atoms. The molecule has 0 N–H and O–H groups in total. The molecule has 1 amide bonds. The first-order chi connectivity index (χ1) is 12.4. The molecule has 26 heavy (non-hydrogen) atoms. The number of aryl methyl sites for hydroxylation is 3. The van der Waals surface area contributed by atoms with Gasteiger partial charge in [0.25, 0.3) is 11.5 Å². The maximum absolute atomic E-state index is 12.8. The maximum Gasteiger partial charge on any atom is 0.264 e. The molecule has 0 fully saturated rings. The van der Waals surface area contributed by atoms with Crippen molar-refractivity contribution in [2.75, 3.05) is 20.2 Å². The van der Waals surface area contributed by atoms with E-state index in [9.17, 15) is 9.59 Å². The van der Waals surface area contributed by atoms with Crippen LogP contribution in [0, 0.1) is 13.8 Å². The molecular formula is C19H21N3O3S. The molecule has 0 saturated heterocycles. The van der Waals surface area contributed by atoms with Crippen LogP contribution in [0.2, 0.25) is 0 Å². The lowest BCUT2D eigenvalue weighted by molar-refractivity contribution is 0.0778. The van der Waals surface area contributed by atoms with E-state index in [-0.39, 0.29) is 11.5 Å². The van der Waals surface area contributed by atoms with E-state index in [1.165, 1.54) is 22.2 Å². The molecule has 0 unspecified atom stereocenters. The molecule has 6 nitrogen and oxygen atoms in total. The zero-order chi connectivity index (χ0) is 18.8. The van der Waals surface area contributed by atoms with Crippen molar-refractivity contribution in [2.45, 2.75) is 13.8 Å². The second-order valence-electron chi connectivity index (χ2n) is 6.24. The smallest absolute Gasteiger partial charge is 0.264 e. The van der Waals surface area contributed by atoms with Crippen LogP contribution in [0.15, 0.2) is 35.4 Å². The zero-order valence-corrected chi connectivity index (χ0v) is 16.1. The van der Waals surface area contributed by atoms with Crippen LogP contribution in [0.1, 0.15) is 20.8 Å². The van der Waals surface area contributed by atoms with Gasteiger partial charge in [0.05, 0.1) is 23.1 Å². The Bertz CT molecular complexity index is 1020. The predicted octanol–water partition coefficient (Wildman–Crippen LogP) is 2.76. The van der Waals surface area contributed by atoms with E-state index in [2.05, 4.69) is 4.98 Å². The van der Waals surface area contributed by atoms with Crippen molar-refractivity contribution in [3.63, 3.8) is 0 Å². The van der Waals surface area contributed by atoms with Gasteiger partial charge in [0, 0.05) is 14.1 Å². The highest BCUT2D eigenvalue weighted by atomic mass is 32.1. The first-order valence-corrected chi connectivity index (χ1v) is 9.10. The monoisotopic (exact) mass is 371 g/mol. The SMILES string of the molecule is Cc1ccccc1OCCN(C)C(=O)c1sc2ncn(C)c(=O)c2c1C. The number of nitrogens with zero attached hydrogens (tertiary/aromatic N) is 3. The zero-order valence-electron chi connectivity index (χ0n) is 15.3. The van der Waals surface area contributed by atoms with Crippen LogP contribution in [-0.4, -0.2) is 40.6 Å². The number of fused-ring (bicyclic) bond motifs is 1. The summed E-state index contributed by atoms with van der Waals surface area (Å²) in [5.41, 5.74) is 1.62. The minimum absolute atomic E-state index is 0.124. The molecule has 0 aliphatic carbocycles. The Labute approximate surface area is 155 Å². The molecule has 0 aliphatic heterocycles. The summed E-state index contributed by atoms with van der Waals surface area (Å²) in [4.78, 5) is 32.1.